The third-order valence-corrected chi connectivity index (χ3v) is 6.66. The topological polar surface area (TPSA) is 33.2 Å². The van der Waals surface area contributed by atoms with Gasteiger partial charge < -0.3 is 4.79 Å². The summed E-state index contributed by atoms with van der Waals surface area (Å²) in [6, 6.07) is 19.4. The van der Waals surface area contributed by atoms with Gasteiger partial charge in [-0.15, -0.1) is 0 Å². The number of carbonyl (C=O) groups excluding carboxylic acids is 1. The molecule has 3 heteroatoms. The fourth-order valence-corrected chi connectivity index (χ4v) is 5.12. The van der Waals surface area contributed by atoms with Gasteiger partial charge in [0.2, 0.25) is 0 Å². The summed E-state index contributed by atoms with van der Waals surface area (Å²) < 4.78 is 0. The number of aromatic nitrogens is 1. The number of fused-ring (bicyclic) bond motifs is 1. The Hall–Kier alpha value is -2.78. The van der Waals surface area contributed by atoms with Gasteiger partial charge in [-0.05, 0) is 61.1 Å². The zero-order valence-electron chi connectivity index (χ0n) is 19.8. The molecule has 0 bridgehead atoms. The van der Waals surface area contributed by atoms with Crippen LogP contribution in [0.5, 0.6) is 0 Å². The molecule has 0 saturated heterocycles. The van der Waals surface area contributed by atoms with Gasteiger partial charge in [0.25, 0.3) is 0 Å². The summed E-state index contributed by atoms with van der Waals surface area (Å²) in [6.07, 6.45) is 3.65. The number of pyridine rings is 1. The van der Waals surface area contributed by atoms with Crippen LogP contribution in [0, 0.1) is 13.8 Å². The third-order valence-electron chi connectivity index (χ3n) is 6.66. The molecule has 1 aliphatic heterocycles. The molecule has 3 nitrogen and oxygen atoms in total. The van der Waals surface area contributed by atoms with Crippen molar-refractivity contribution in [1.29, 1.82) is 0 Å². The minimum absolute atomic E-state index is 0.0375. The van der Waals surface area contributed by atoms with E-state index in [2.05, 4.69) is 87.2 Å². The Morgan fingerprint density at radius 1 is 1.03 bits per heavy atom. The van der Waals surface area contributed by atoms with Crippen molar-refractivity contribution in [2.24, 2.45) is 0 Å². The van der Waals surface area contributed by atoms with Crippen LogP contribution < -0.4 is 0 Å². The van der Waals surface area contributed by atoms with Crippen LogP contribution in [0.25, 0.3) is 11.1 Å². The minimum Gasteiger partial charge on any atom is -0.303 e. The van der Waals surface area contributed by atoms with Gasteiger partial charge in [-0.3, -0.25) is 9.88 Å². The molecule has 2 heterocycles. The second kappa shape index (κ2) is 9.38. The average molecular weight is 427 g/mol. The smallest absolute Gasteiger partial charge is 0.124 e. The molecule has 0 aliphatic carbocycles. The molecule has 2 aromatic carbocycles. The molecule has 0 spiro atoms. The molecule has 32 heavy (non-hydrogen) atoms. The predicted octanol–water partition coefficient (Wildman–Crippen LogP) is 5.83. The molecule has 3 aromatic rings. The number of carbonyl (C=O) groups is 1. The van der Waals surface area contributed by atoms with Crippen molar-refractivity contribution < 1.29 is 4.79 Å². The van der Waals surface area contributed by atoms with E-state index in [1.807, 2.05) is 0 Å². The van der Waals surface area contributed by atoms with E-state index in [4.69, 9.17) is 4.98 Å². The number of hydrogen-bond donors (Lipinski definition) is 0. The molecule has 166 valence electrons. The summed E-state index contributed by atoms with van der Waals surface area (Å²) >= 11 is 0. The summed E-state index contributed by atoms with van der Waals surface area (Å²) in [5.41, 5.74) is 9.57. The van der Waals surface area contributed by atoms with Gasteiger partial charge in [-0.2, -0.15) is 0 Å². The van der Waals surface area contributed by atoms with Crippen LogP contribution in [-0.4, -0.2) is 29.3 Å². The van der Waals surface area contributed by atoms with Crippen LogP contribution in [0.2, 0.25) is 0 Å². The Kier molecular flexibility index (Phi) is 6.57. The highest BCUT2D eigenvalue weighted by molar-refractivity contribution is 5.76. The number of nitrogens with zero attached hydrogens (tertiary/aromatic N) is 2. The lowest BCUT2D eigenvalue weighted by Crippen LogP contribution is -2.44. The molecular weight excluding hydrogens is 392 g/mol. The molecule has 0 fully saturated rings. The van der Waals surface area contributed by atoms with Crippen molar-refractivity contribution in [3.8, 4) is 11.1 Å². The van der Waals surface area contributed by atoms with E-state index < -0.39 is 0 Å². The van der Waals surface area contributed by atoms with Crippen LogP contribution >= 0.6 is 0 Å². The molecule has 1 aromatic heterocycles. The third kappa shape index (κ3) is 4.68. The lowest BCUT2D eigenvalue weighted by atomic mass is 9.78. The Labute approximate surface area is 192 Å². The van der Waals surface area contributed by atoms with Gasteiger partial charge in [0.15, 0.2) is 0 Å². The first-order valence-electron chi connectivity index (χ1n) is 11.7. The van der Waals surface area contributed by atoms with Gasteiger partial charge in [0.05, 0.1) is 5.69 Å². The maximum Gasteiger partial charge on any atom is 0.124 e. The first-order chi connectivity index (χ1) is 15.4. The van der Waals surface area contributed by atoms with E-state index in [0.29, 0.717) is 6.42 Å². The molecule has 1 aliphatic rings. The van der Waals surface area contributed by atoms with Crippen molar-refractivity contribution in [3.05, 3.63) is 88.2 Å². The number of benzene rings is 2. The molecule has 0 N–H and O–H groups in total. The van der Waals surface area contributed by atoms with Crippen LogP contribution in [0.4, 0.5) is 0 Å². The van der Waals surface area contributed by atoms with Crippen molar-refractivity contribution in [3.63, 3.8) is 0 Å². The van der Waals surface area contributed by atoms with Crippen LogP contribution in [-0.2, 0) is 29.6 Å². The number of rotatable bonds is 7. The Morgan fingerprint density at radius 3 is 2.44 bits per heavy atom. The molecule has 0 atom stereocenters. The van der Waals surface area contributed by atoms with E-state index in [-0.39, 0.29) is 5.41 Å². The fraction of sp³-hybridized carbons (Fsp3) is 0.379. The Morgan fingerprint density at radius 2 is 1.75 bits per heavy atom. The molecule has 0 unspecified atom stereocenters. The zero-order chi connectivity index (χ0) is 22.7. The summed E-state index contributed by atoms with van der Waals surface area (Å²) in [6.45, 7) is 11.7. The molecule has 0 saturated carbocycles. The lowest BCUT2D eigenvalue weighted by molar-refractivity contribution is -0.107. The molecule has 0 radical (unpaired) electrons. The lowest BCUT2D eigenvalue weighted by Gasteiger charge is -2.41. The SMILES string of the molecule is Cc1ccc(-c2c(CC=O)c(C)nc3c2CN(CCCc2ccccc2)CC3(C)C)cc1. The summed E-state index contributed by atoms with van der Waals surface area (Å²) in [5.74, 6) is 0. The molecular formula is C29H34N2O. The van der Waals surface area contributed by atoms with E-state index in [1.54, 1.807) is 0 Å². The van der Waals surface area contributed by atoms with E-state index in [9.17, 15) is 4.79 Å². The van der Waals surface area contributed by atoms with Crippen molar-refractivity contribution >= 4 is 6.29 Å². The largest absolute Gasteiger partial charge is 0.303 e. The summed E-state index contributed by atoms with van der Waals surface area (Å²) in [5, 5.41) is 0. The highest BCUT2D eigenvalue weighted by Crippen LogP contribution is 2.40. The fourth-order valence-electron chi connectivity index (χ4n) is 5.12. The Bertz CT molecular complexity index is 1080. The summed E-state index contributed by atoms with van der Waals surface area (Å²) in [4.78, 5) is 19.2. The first-order valence-corrected chi connectivity index (χ1v) is 11.7. The number of aryl methyl sites for hydroxylation is 3. The van der Waals surface area contributed by atoms with Gasteiger partial charge in [-0.1, -0.05) is 74.0 Å². The van der Waals surface area contributed by atoms with Crippen LogP contribution in [0.1, 0.15) is 53.9 Å². The van der Waals surface area contributed by atoms with Crippen LogP contribution in [0.15, 0.2) is 54.6 Å². The van der Waals surface area contributed by atoms with Gasteiger partial charge >= 0.3 is 0 Å². The Balaban J connectivity index is 1.70. The standard InChI is InChI=1S/C29H34N2O/c1-21-12-14-24(15-13-21)27-25(16-18-32)22(2)30-28-26(27)19-31(20-29(28,3)4)17-8-11-23-9-6-5-7-10-23/h5-7,9-10,12-15,18H,8,11,16-17,19-20H2,1-4H3. The second-order valence-electron chi connectivity index (χ2n) is 9.80. The van der Waals surface area contributed by atoms with Gasteiger partial charge in [0.1, 0.15) is 6.29 Å². The quantitative estimate of drug-likeness (QED) is 0.446. The van der Waals surface area contributed by atoms with E-state index in [0.717, 1.165) is 50.0 Å². The van der Waals surface area contributed by atoms with Crippen molar-refractivity contribution in [2.45, 2.75) is 58.9 Å². The first kappa shape index (κ1) is 22.4. The second-order valence-corrected chi connectivity index (χ2v) is 9.80. The predicted molar refractivity (Wildman–Crippen MR) is 132 cm³/mol. The number of hydrogen-bond acceptors (Lipinski definition) is 3. The van der Waals surface area contributed by atoms with E-state index in [1.165, 1.54) is 33.5 Å². The maximum atomic E-state index is 11.6. The minimum atomic E-state index is -0.0375. The summed E-state index contributed by atoms with van der Waals surface area (Å²) in [7, 11) is 0. The zero-order valence-corrected chi connectivity index (χ0v) is 19.8. The maximum absolute atomic E-state index is 11.6. The number of aldehydes is 1. The van der Waals surface area contributed by atoms with E-state index >= 15 is 0 Å². The van der Waals surface area contributed by atoms with Gasteiger partial charge in [-0.25, -0.2) is 0 Å². The molecule has 0 amide bonds. The molecule has 4 rings (SSSR count). The highest BCUT2D eigenvalue weighted by Gasteiger charge is 2.36. The van der Waals surface area contributed by atoms with Crippen molar-refractivity contribution in [2.75, 3.05) is 13.1 Å². The highest BCUT2D eigenvalue weighted by atomic mass is 16.1. The van der Waals surface area contributed by atoms with Crippen molar-refractivity contribution in [1.82, 2.24) is 9.88 Å². The van der Waals surface area contributed by atoms with Gasteiger partial charge in [0, 0.05) is 30.6 Å². The monoisotopic (exact) mass is 426 g/mol. The average Bonchev–Trinajstić information content (AvgIpc) is 2.76. The van der Waals surface area contributed by atoms with Crippen LogP contribution in [0.3, 0.4) is 0 Å². The normalized spacial score (nSPS) is 15.4.